The average molecular weight is 317 g/mol. The number of rotatable bonds is 6. The molecule has 0 saturated carbocycles. The average Bonchev–Trinajstić information content (AvgIpc) is 2.85. The van der Waals surface area contributed by atoms with Crippen molar-refractivity contribution in [1.29, 1.82) is 0 Å². The van der Waals surface area contributed by atoms with Gasteiger partial charge in [-0.25, -0.2) is 0 Å². The van der Waals surface area contributed by atoms with Gasteiger partial charge in [-0.3, -0.25) is 4.55 Å². The van der Waals surface area contributed by atoms with Crippen molar-refractivity contribution in [3.63, 3.8) is 0 Å². The first-order valence-corrected chi connectivity index (χ1v) is 9.24. The molecule has 0 amide bonds. The Morgan fingerprint density at radius 2 is 2.05 bits per heavy atom. The van der Waals surface area contributed by atoms with Gasteiger partial charge in [0.1, 0.15) is 0 Å². The van der Waals surface area contributed by atoms with Crippen LogP contribution in [0.25, 0.3) is 0 Å². The van der Waals surface area contributed by atoms with Crippen molar-refractivity contribution < 1.29 is 13.0 Å². The molecule has 19 heavy (non-hydrogen) atoms. The quantitative estimate of drug-likeness (QED) is 0.621. The van der Waals surface area contributed by atoms with Crippen LogP contribution in [0.3, 0.4) is 0 Å². The van der Waals surface area contributed by atoms with E-state index in [0.29, 0.717) is 12.2 Å². The molecular weight excluding hydrogens is 302 g/mol. The molecule has 104 valence electrons. The zero-order valence-corrected chi connectivity index (χ0v) is 12.6. The van der Waals surface area contributed by atoms with E-state index in [4.69, 9.17) is 4.55 Å². The first-order chi connectivity index (χ1) is 9.02. The highest BCUT2D eigenvalue weighted by Crippen LogP contribution is 2.47. The summed E-state index contributed by atoms with van der Waals surface area (Å²) in [5, 5.41) is 5.31. The second-order valence-electron chi connectivity index (χ2n) is 4.04. The summed E-state index contributed by atoms with van der Waals surface area (Å²) in [6.07, 6.45) is 2.33. The molecule has 1 aromatic rings. The SMILES string of the molecule is O=S(=O)(O)CCCSC1(c2ccccc2)NC=CS1. The lowest BCUT2D eigenvalue weighted by atomic mass is 10.2. The molecule has 1 atom stereocenters. The van der Waals surface area contributed by atoms with Crippen molar-refractivity contribution in [2.45, 2.75) is 10.6 Å². The van der Waals surface area contributed by atoms with Gasteiger partial charge in [-0.2, -0.15) is 8.42 Å². The Morgan fingerprint density at radius 3 is 2.63 bits per heavy atom. The number of hydrogen-bond donors (Lipinski definition) is 2. The van der Waals surface area contributed by atoms with Crippen molar-refractivity contribution in [2.24, 2.45) is 0 Å². The van der Waals surface area contributed by atoms with Gasteiger partial charge < -0.3 is 5.32 Å². The number of hydrogen-bond acceptors (Lipinski definition) is 5. The van der Waals surface area contributed by atoms with Gasteiger partial charge in [0.05, 0.1) is 5.75 Å². The van der Waals surface area contributed by atoms with E-state index < -0.39 is 10.1 Å². The molecule has 2 rings (SSSR count). The monoisotopic (exact) mass is 317 g/mol. The summed E-state index contributed by atoms with van der Waals surface area (Å²) < 4.78 is 29.8. The molecule has 7 heteroatoms. The summed E-state index contributed by atoms with van der Waals surface area (Å²) in [6.45, 7) is 0. The summed E-state index contributed by atoms with van der Waals surface area (Å²) in [7, 11) is -3.86. The maximum atomic E-state index is 10.7. The normalized spacial score (nSPS) is 22.4. The lowest BCUT2D eigenvalue weighted by Gasteiger charge is -2.28. The molecule has 0 radical (unpaired) electrons. The van der Waals surface area contributed by atoms with Crippen molar-refractivity contribution in [1.82, 2.24) is 5.32 Å². The lowest BCUT2D eigenvalue weighted by Crippen LogP contribution is -2.29. The van der Waals surface area contributed by atoms with E-state index in [0.717, 1.165) is 5.56 Å². The Kier molecular flexibility index (Phi) is 4.83. The van der Waals surface area contributed by atoms with Crippen LogP contribution in [-0.4, -0.2) is 24.5 Å². The van der Waals surface area contributed by atoms with Crippen LogP contribution in [0.2, 0.25) is 0 Å². The molecule has 1 aliphatic rings. The Hall–Kier alpha value is -0.630. The molecule has 0 spiro atoms. The molecular formula is C12H15NO3S3. The van der Waals surface area contributed by atoms with E-state index in [1.165, 1.54) is 0 Å². The molecule has 1 unspecified atom stereocenters. The highest BCUT2D eigenvalue weighted by molar-refractivity contribution is 8.19. The zero-order valence-electron chi connectivity index (χ0n) is 10.2. The van der Waals surface area contributed by atoms with Crippen LogP contribution in [0, 0.1) is 0 Å². The largest absolute Gasteiger partial charge is 0.364 e. The van der Waals surface area contributed by atoms with E-state index in [9.17, 15) is 8.42 Å². The van der Waals surface area contributed by atoms with Gasteiger partial charge in [0.15, 0.2) is 4.20 Å². The van der Waals surface area contributed by atoms with Crippen LogP contribution >= 0.6 is 23.5 Å². The molecule has 1 aliphatic heterocycles. The van der Waals surface area contributed by atoms with Gasteiger partial charge in [-0.1, -0.05) is 42.1 Å². The van der Waals surface area contributed by atoms with Crippen molar-refractivity contribution in [2.75, 3.05) is 11.5 Å². The number of benzene rings is 1. The third kappa shape index (κ3) is 4.17. The van der Waals surface area contributed by atoms with Crippen molar-refractivity contribution >= 4 is 33.6 Å². The van der Waals surface area contributed by atoms with Crippen LogP contribution in [0.5, 0.6) is 0 Å². The van der Waals surface area contributed by atoms with Crippen LogP contribution < -0.4 is 5.32 Å². The highest BCUT2D eigenvalue weighted by atomic mass is 32.2. The van der Waals surface area contributed by atoms with Crippen molar-refractivity contribution in [3.05, 3.63) is 47.5 Å². The molecule has 0 aliphatic carbocycles. The molecule has 1 heterocycles. The maximum Gasteiger partial charge on any atom is 0.264 e. The Bertz CT molecular complexity index is 535. The second kappa shape index (κ2) is 6.21. The Labute approximate surface area is 121 Å². The Balaban J connectivity index is 1.98. The van der Waals surface area contributed by atoms with Crippen LogP contribution in [0.1, 0.15) is 12.0 Å². The summed E-state index contributed by atoms with van der Waals surface area (Å²) >= 11 is 3.30. The summed E-state index contributed by atoms with van der Waals surface area (Å²) in [5.41, 5.74) is 1.14. The molecule has 0 aromatic heterocycles. The van der Waals surface area contributed by atoms with Crippen molar-refractivity contribution in [3.8, 4) is 0 Å². The van der Waals surface area contributed by atoms with E-state index in [1.807, 2.05) is 41.9 Å². The van der Waals surface area contributed by atoms with E-state index in [1.54, 1.807) is 23.5 Å². The molecule has 4 nitrogen and oxygen atoms in total. The number of thioether (sulfide) groups is 2. The second-order valence-corrected chi connectivity index (χ2v) is 8.30. The van der Waals surface area contributed by atoms with Crippen LogP contribution in [0.4, 0.5) is 0 Å². The van der Waals surface area contributed by atoms with E-state index in [-0.39, 0.29) is 9.96 Å². The predicted octanol–water partition coefficient (Wildman–Crippen LogP) is 2.62. The molecule has 1 aromatic carbocycles. The number of nitrogens with one attached hydrogen (secondary N) is 1. The lowest BCUT2D eigenvalue weighted by molar-refractivity contribution is 0.482. The summed E-state index contributed by atoms with van der Waals surface area (Å²) in [4.78, 5) is 0. The smallest absolute Gasteiger partial charge is 0.264 e. The predicted molar refractivity (Wildman–Crippen MR) is 81.5 cm³/mol. The highest BCUT2D eigenvalue weighted by Gasteiger charge is 2.34. The topological polar surface area (TPSA) is 66.4 Å². The fourth-order valence-corrected chi connectivity index (χ4v) is 4.88. The molecule has 2 N–H and O–H groups in total. The first-order valence-electron chi connectivity index (χ1n) is 5.77. The maximum absolute atomic E-state index is 10.7. The molecule has 0 saturated heterocycles. The van der Waals surface area contributed by atoms with Gasteiger partial charge in [-0.05, 0) is 23.1 Å². The molecule has 0 fully saturated rings. The standard InChI is InChI=1S/C12H15NO3S3/c14-19(15,16)10-4-8-17-12(13-7-9-18-12)11-5-2-1-3-6-11/h1-3,5-7,9,13H,4,8,10H2,(H,14,15,16). The van der Waals surface area contributed by atoms with Crippen LogP contribution in [0.15, 0.2) is 41.9 Å². The summed E-state index contributed by atoms with van der Waals surface area (Å²) in [5.74, 6) is 0.458. The third-order valence-corrected chi connectivity index (χ3v) is 6.24. The Morgan fingerprint density at radius 1 is 1.32 bits per heavy atom. The minimum Gasteiger partial charge on any atom is -0.364 e. The minimum absolute atomic E-state index is 0.192. The fraction of sp³-hybridized carbons (Fsp3) is 0.333. The van der Waals surface area contributed by atoms with Gasteiger partial charge >= 0.3 is 0 Å². The van der Waals surface area contributed by atoms with Gasteiger partial charge in [0, 0.05) is 6.20 Å². The first kappa shape index (κ1) is 14.8. The van der Waals surface area contributed by atoms with Crippen LogP contribution in [-0.2, 0) is 14.3 Å². The fourth-order valence-electron chi connectivity index (χ4n) is 1.73. The van der Waals surface area contributed by atoms with E-state index >= 15 is 0 Å². The summed E-state index contributed by atoms with van der Waals surface area (Å²) in [6, 6.07) is 10.0. The molecule has 0 bridgehead atoms. The van der Waals surface area contributed by atoms with Gasteiger partial charge in [0.25, 0.3) is 10.1 Å². The van der Waals surface area contributed by atoms with E-state index in [2.05, 4.69) is 5.32 Å². The minimum atomic E-state index is -3.86. The zero-order chi connectivity index (χ0) is 13.8. The van der Waals surface area contributed by atoms with Gasteiger partial charge in [-0.15, -0.1) is 11.8 Å². The van der Waals surface area contributed by atoms with Gasteiger partial charge in [0.2, 0.25) is 0 Å². The third-order valence-electron chi connectivity index (χ3n) is 2.58.